The smallest absolute Gasteiger partial charge is 0.254 e. The molecule has 2 N–H and O–H groups in total. The van der Waals surface area contributed by atoms with Crippen LogP contribution in [0.4, 0.5) is 5.69 Å². The summed E-state index contributed by atoms with van der Waals surface area (Å²) in [5.41, 5.74) is 6.47. The fourth-order valence-corrected chi connectivity index (χ4v) is 2.79. The van der Waals surface area contributed by atoms with E-state index in [9.17, 15) is 4.79 Å². The van der Waals surface area contributed by atoms with Crippen LogP contribution in [0.25, 0.3) is 0 Å². The number of hydrogen-bond acceptors (Lipinski definition) is 2. The summed E-state index contributed by atoms with van der Waals surface area (Å²) in [5.74, 6) is 0. The van der Waals surface area contributed by atoms with Gasteiger partial charge < -0.3 is 5.73 Å². The van der Waals surface area contributed by atoms with Crippen molar-refractivity contribution in [2.75, 3.05) is 5.73 Å². The van der Waals surface area contributed by atoms with E-state index in [1.807, 2.05) is 0 Å². The van der Waals surface area contributed by atoms with Crippen molar-refractivity contribution in [1.29, 1.82) is 0 Å². The number of nitrogens with two attached hydrogens (primary N) is 1. The fraction of sp³-hybridized carbons (Fsp3) is 0. The summed E-state index contributed by atoms with van der Waals surface area (Å²) in [5, 5.41) is -0.520. The average molecular weight is 350 g/mol. The lowest BCUT2D eigenvalue weighted by Crippen LogP contribution is -1.95. The first kappa shape index (κ1) is 13.2. The number of rotatable bonds is 1. The lowest BCUT2D eigenvalue weighted by atomic mass is 10.2. The number of hydrogen-bond donors (Lipinski definition) is 1. The zero-order valence-electron chi connectivity index (χ0n) is 6.18. The Balaban J connectivity index is 0.00000144. The minimum atomic E-state index is -0.520. The molecule has 0 aliphatic rings. The van der Waals surface area contributed by atoms with E-state index < -0.39 is 5.24 Å². The predicted molar refractivity (Wildman–Crippen MR) is 63.7 cm³/mol. The third kappa shape index (κ3) is 3.13. The van der Waals surface area contributed by atoms with Crippen molar-refractivity contribution < 1.29 is 4.79 Å². The third-order valence-corrected chi connectivity index (χ3v) is 2.70. The average Bonchev–Trinajstić information content (AvgIpc) is 1.82. The Morgan fingerprint density at radius 1 is 1.31 bits per heavy atom. The Morgan fingerprint density at radius 3 is 2.00 bits per heavy atom. The van der Waals surface area contributed by atoms with E-state index in [0.717, 1.165) is 0 Å². The van der Waals surface area contributed by atoms with Crippen LogP contribution in [-0.4, -0.2) is 5.24 Å². The van der Waals surface area contributed by atoms with Crippen molar-refractivity contribution in [2.24, 2.45) is 0 Å². The standard InChI is InChI=1S/C7H4Br2ClNO.ClH/c8-4-1-3(11)2-5(9)6(4)7(10)12;/h1-2H,11H2;1H. The summed E-state index contributed by atoms with van der Waals surface area (Å²) in [6.07, 6.45) is 0. The van der Waals surface area contributed by atoms with E-state index in [1.54, 1.807) is 12.1 Å². The molecule has 2 nitrogen and oxygen atoms in total. The molecular formula is C7H5Br2Cl2NO. The van der Waals surface area contributed by atoms with Gasteiger partial charge in [-0.25, -0.2) is 0 Å². The van der Waals surface area contributed by atoms with Gasteiger partial charge in [-0.2, -0.15) is 0 Å². The Morgan fingerprint density at radius 2 is 1.69 bits per heavy atom. The van der Waals surface area contributed by atoms with Crippen LogP contribution in [0, 0.1) is 0 Å². The van der Waals surface area contributed by atoms with Crippen molar-refractivity contribution >= 4 is 66.8 Å². The summed E-state index contributed by atoms with van der Waals surface area (Å²) < 4.78 is 1.18. The van der Waals surface area contributed by atoms with Crippen molar-refractivity contribution in [1.82, 2.24) is 0 Å². The molecule has 0 spiro atoms. The molecule has 0 saturated heterocycles. The van der Waals surface area contributed by atoms with E-state index >= 15 is 0 Å². The third-order valence-electron chi connectivity index (χ3n) is 1.26. The first-order valence-electron chi connectivity index (χ1n) is 2.96. The molecule has 0 aliphatic carbocycles. The van der Waals surface area contributed by atoms with Gasteiger partial charge in [-0.3, -0.25) is 4.79 Å². The Bertz CT molecular complexity index is 320. The van der Waals surface area contributed by atoms with Crippen molar-refractivity contribution in [3.63, 3.8) is 0 Å². The summed E-state index contributed by atoms with van der Waals surface area (Å²) in [6.45, 7) is 0. The van der Waals surface area contributed by atoms with E-state index in [0.29, 0.717) is 20.2 Å². The van der Waals surface area contributed by atoms with Gasteiger partial charge in [0.25, 0.3) is 5.24 Å². The van der Waals surface area contributed by atoms with Gasteiger partial charge in [0.1, 0.15) is 0 Å². The summed E-state index contributed by atoms with van der Waals surface area (Å²) in [6, 6.07) is 3.25. The number of carbonyl (C=O) groups excluding carboxylic acids is 1. The SMILES string of the molecule is Cl.Nc1cc(Br)c(C(=O)Cl)c(Br)c1. The zero-order chi connectivity index (χ0) is 9.30. The minimum Gasteiger partial charge on any atom is -0.399 e. The highest BCUT2D eigenvalue weighted by molar-refractivity contribution is 9.11. The van der Waals surface area contributed by atoms with Gasteiger partial charge in [-0.05, 0) is 55.6 Å². The van der Waals surface area contributed by atoms with Gasteiger partial charge in [0.15, 0.2) is 0 Å². The highest BCUT2D eigenvalue weighted by atomic mass is 79.9. The molecule has 72 valence electrons. The summed E-state index contributed by atoms with van der Waals surface area (Å²) >= 11 is 11.7. The first-order chi connectivity index (χ1) is 5.52. The molecule has 0 heterocycles. The van der Waals surface area contributed by atoms with Gasteiger partial charge in [-0.1, -0.05) is 0 Å². The lowest BCUT2D eigenvalue weighted by molar-refractivity contribution is 0.108. The molecule has 1 aromatic carbocycles. The first-order valence-corrected chi connectivity index (χ1v) is 4.93. The fourth-order valence-electron chi connectivity index (χ4n) is 0.781. The second-order valence-corrected chi connectivity index (χ2v) is 4.19. The van der Waals surface area contributed by atoms with E-state index in [-0.39, 0.29) is 12.4 Å². The number of halogens is 4. The maximum Gasteiger partial charge on any atom is 0.254 e. The zero-order valence-corrected chi connectivity index (χ0v) is 10.9. The molecule has 6 heteroatoms. The molecule has 0 unspecified atom stereocenters. The van der Waals surface area contributed by atoms with Crippen LogP contribution < -0.4 is 5.73 Å². The van der Waals surface area contributed by atoms with Crippen LogP contribution in [0.5, 0.6) is 0 Å². The number of anilines is 1. The monoisotopic (exact) mass is 347 g/mol. The Hall–Kier alpha value is 0.230. The van der Waals surface area contributed by atoms with E-state index in [4.69, 9.17) is 17.3 Å². The highest BCUT2D eigenvalue weighted by Crippen LogP contribution is 2.29. The molecule has 0 amide bonds. The summed E-state index contributed by atoms with van der Waals surface area (Å²) in [7, 11) is 0. The molecule has 1 aromatic rings. The van der Waals surface area contributed by atoms with Crippen LogP contribution in [0.2, 0.25) is 0 Å². The predicted octanol–water partition coefficient (Wildman–Crippen LogP) is 3.59. The molecule has 0 saturated carbocycles. The Labute approximate surface area is 103 Å². The molecule has 1 rings (SSSR count). The number of nitrogen functional groups attached to an aromatic ring is 1. The van der Waals surface area contributed by atoms with E-state index in [1.165, 1.54) is 0 Å². The number of carbonyl (C=O) groups is 1. The van der Waals surface area contributed by atoms with Gasteiger partial charge in [0.2, 0.25) is 0 Å². The maximum absolute atomic E-state index is 10.9. The summed E-state index contributed by atoms with van der Waals surface area (Å²) in [4.78, 5) is 10.9. The normalized spacial score (nSPS) is 9.15. The maximum atomic E-state index is 10.9. The van der Waals surface area contributed by atoms with Crippen molar-refractivity contribution in [3.8, 4) is 0 Å². The molecule has 0 aliphatic heterocycles. The van der Waals surface area contributed by atoms with Crippen molar-refractivity contribution in [3.05, 3.63) is 26.6 Å². The van der Waals surface area contributed by atoms with Crippen LogP contribution in [0.3, 0.4) is 0 Å². The second kappa shape index (κ2) is 5.20. The van der Waals surface area contributed by atoms with E-state index in [2.05, 4.69) is 31.9 Å². The highest BCUT2D eigenvalue weighted by Gasteiger charge is 2.11. The van der Waals surface area contributed by atoms with Gasteiger partial charge >= 0.3 is 0 Å². The molecular weight excluding hydrogens is 345 g/mol. The van der Waals surface area contributed by atoms with Crippen LogP contribution in [-0.2, 0) is 0 Å². The lowest BCUT2D eigenvalue weighted by Gasteiger charge is -2.03. The largest absolute Gasteiger partial charge is 0.399 e. The van der Waals surface area contributed by atoms with Crippen LogP contribution >= 0.6 is 55.9 Å². The quantitative estimate of drug-likeness (QED) is 0.622. The van der Waals surface area contributed by atoms with Crippen LogP contribution in [0.15, 0.2) is 21.1 Å². The van der Waals surface area contributed by atoms with Gasteiger partial charge in [0, 0.05) is 14.6 Å². The molecule has 0 radical (unpaired) electrons. The molecule has 13 heavy (non-hydrogen) atoms. The minimum absolute atomic E-state index is 0. The van der Waals surface area contributed by atoms with Crippen LogP contribution in [0.1, 0.15) is 10.4 Å². The van der Waals surface area contributed by atoms with Gasteiger partial charge in [-0.15, -0.1) is 12.4 Å². The molecule has 0 aromatic heterocycles. The number of benzene rings is 1. The molecule has 0 fully saturated rings. The molecule has 0 bridgehead atoms. The second-order valence-electron chi connectivity index (χ2n) is 2.13. The van der Waals surface area contributed by atoms with Gasteiger partial charge in [0.05, 0.1) is 5.56 Å². The van der Waals surface area contributed by atoms with Crippen molar-refractivity contribution in [2.45, 2.75) is 0 Å². The molecule has 0 atom stereocenters. The Kier molecular flexibility index (Phi) is 5.29. The topological polar surface area (TPSA) is 43.1 Å².